The SMILES string of the molecule is CCCN(C(=O)CC(C)c1ccc(F)cc1)C(C)C(=O)Nc1ccccc1. The lowest BCUT2D eigenvalue weighted by Gasteiger charge is -2.29. The van der Waals surface area contributed by atoms with Crippen molar-refractivity contribution >= 4 is 17.5 Å². The zero-order valence-electron chi connectivity index (χ0n) is 16.1. The summed E-state index contributed by atoms with van der Waals surface area (Å²) in [7, 11) is 0. The van der Waals surface area contributed by atoms with Gasteiger partial charge in [0.15, 0.2) is 0 Å². The van der Waals surface area contributed by atoms with Crippen molar-refractivity contribution in [3.8, 4) is 0 Å². The first-order chi connectivity index (χ1) is 12.9. The quantitative estimate of drug-likeness (QED) is 0.739. The zero-order chi connectivity index (χ0) is 19.8. The van der Waals surface area contributed by atoms with Crippen LogP contribution in [-0.4, -0.2) is 29.3 Å². The van der Waals surface area contributed by atoms with Crippen LogP contribution >= 0.6 is 0 Å². The van der Waals surface area contributed by atoms with Crippen LogP contribution in [0.1, 0.15) is 45.1 Å². The van der Waals surface area contributed by atoms with Gasteiger partial charge in [-0.1, -0.05) is 44.2 Å². The number of carbonyl (C=O) groups is 2. The standard InChI is InChI=1S/C22H27FN2O2/c1-4-14-25(17(3)22(27)24-20-8-6-5-7-9-20)21(26)15-16(2)18-10-12-19(23)13-11-18/h5-13,16-17H,4,14-15H2,1-3H3,(H,24,27). The number of benzene rings is 2. The van der Waals surface area contributed by atoms with E-state index in [0.29, 0.717) is 12.2 Å². The van der Waals surface area contributed by atoms with Crippen LogP contribution in [-0.2, 0) is 9.59 Å². The van der Waals surface area contributed by atoms with Gasteiger partial charge in [0.05, 0.1) is 0 Å². The first kappa shape index (κ1) is 20.6. The van der Waals surface area contributed by atoms with Crippen LogP contribution in [0.4, 0.5) is 10.1 Å². The largest absolute Gasteiger partial charge is 0.331 e. The number of para-hydroxylation sites is 1. The lowest BCUT2D eigenvalue weighted by Crippen LogP contribution is -2.46. The van der Waals surface area contributed by atoms with Crippen molar-refractivity contribution in [2.24, 2.45) is 0 Å². The van der Waals surface area contributed by atoms with E-state index in [1.165, 1.54) is 12.1 Å². The van der Waals surface area contributed by atoms with Crippen molar-refractivity contribution in [1.82, 2.24) is 4.90 Å². The summed E-state index contributed by atoms with van der Waals surface area (Å²) in [4.78, 5) is 27.1. The van der Waals surface area contributed by atoms with Crippen molar-refractivity contribution < 1.29 is 14.0 Å². The third-order valence-corrected chi connectivity index (χ3v) is 4.59. The molecule has 2 unspecified atom stereocenters. The van der Waals surface area contributed by atoms with Gasteiger partial charge in [-0.3, -0.25) is 9.59 Å². The summed E-state index contributed by atoms with van der Waals surface area (Å²) in [6.45, 7) is 6.17. The van der Waals surface area contributed by atoms with E-state index < -0.39 is 6.04 Å². The van der Waals surface area contributed by atoms with Gasteiger partial charge in [0.1, 0.15) is 11.9 Å². The fourth-order valence-electron chi connectivity index (χ4n) is 2.97. The molecule has 2 aromatic carbocycles. The summed E-state index contributed by atoms with van der Waals surface area (Å²) in [5.41, 5.74) is 1.61. The Balaban J connectivity index is 2.04. The minimum Gasteiger partial charge on any atom is -0.331 e. The molecule has 0 bridgehead atoms. The molecular weight excluding hydrogens is 343 g/mol. The average Bonchev–Trinajstić information content (AvgIpc) is 2.66. The molecule has 4 nitrogen and oxygen atoms in total. The summed E-state index contributed by atoms with van der Waals surface area (Å²) in [5.74, 6) is -0.639. The van der Waals surface area contributed by atoms with Crippen LogP contribution in [0.3, 0.4) is 0 Å². The number of halogens is 1. The molecular formula is C22H27FN2O2. The van der Waals surface area contributed by atoms with Crippen molar-refractivity contribution in [2.75, 3.05) is 11.9 Å². The molecule has 2 amide bonds. The zero-order valence-corrected chi connectivity index (χ0v) is 16.1. The topological polar surface area (TPSA) is 49.4 Å². The Morgan fingerprint density at radius 1 is 1.04 bits per heavy atom. The summed E-state index contributed by atoms with van der Waals surface area (Å²) in [6, 6.07) is 14.8. The molecule has 2 rings (SSSR count). The van der Waals surface area contributed by atoms with Gasteiger partial charge in [-0.2, -0.15) is 0 Å². The molecule has 0 aliphatic heterocycles. The lowest BCUT2D eigenvalue weighted by molar-refractivity contribution is -0.138. The van der Waals surface area contributed by atoms with Gasteiger partial charge in [-0.25, -0.2) is 4.39 Å². The Kier molecular flexibility index (Phi) is 7.53. The average molecular weight is 370 g/mol. The molecule has 0 fully saturated rings. The maximum absolute atomic E-state index is 13.1. The van der Waals surface area contributed by atoms with E-state index in [-0.39, 0.29) is 30.0 Å². The molecule has 0 saturated carbocycles. The van der Waals surface area contributed by atoms with E-state index in [4.69, 9.17) is 0 Å². The lowest BCUT2D eigenvalue weighted by atomic mass is 9.97. The molecule has 2 atom stereocenters. The Morgan fingerprint density at radius 2 is 1.67 bits per heavy atom. The van der Waals surface area contributed by atoms with E-state index in [1.807, 2.05) is 44.2 Å². The van der Waals surface area contributed by atoms with Gasteiger partial charge in [-0.15, -0.1) is 0 Å². The molecule has 0 saturated heterocycles. The minimum atomic E-state index is -0.571. The van der Waals surface area contributed by atoms with Crippen LogP contribution in [0.15, 0.2) is 54.6 Å². The highest BCUT2D eigenvalue weighted by molar-refractivity contribution is 5.96. The Morgan fingerprint density at radius 3 is 2.26 bits per heavy atom. The van der Waals surface area contributed by atoms with E-state index in [1.54, 1.807) is 24.0 Å². The van der Waals surface area contributed by atoms with Gasteiger partial charge in [0, 0.05) is 18.7 Å². The molecule has 0 aliphatic carbocycles. The molecule has 1 N–H and O–H groups in total. The second-order valence-corrected chi connectivity index (χ2v) is 6.78. The van der Waals surface area contributed by atoms with Crippen molar-refractivity contribution in [3.63, 3.8) is 0 Å². The van der Waals surface area contributed by atoms with Crippen LogP contribution in [0.5, 0.6) is 0 Å². The maximum atomic E-state index is 13.1. The second-order valence-electron chi connectivity index (χ2n) is 6.78. The summed E-state index contributed by atoms with van der Waals surface area (Å²) >= 11 is 0. The Hall–Kier alpha value is -2.69. The van der Waals surface area contributed by atoms with Crippen molar-refractivity contribution in [2.45, 2.75) is 45.6 Å². The minimum absolute atomic E-state index is 0.0539. The third-order valence-electron chi connectivity index (χ3n) is 4.59. The van der Waals surface area contributed by atoms with Gasteiger partial charge in [-0.05, 0) is 49.1 Å². The molecule has 0 radical (unpaired) electrons. The fourth-order valence-corrected chi connectivity index (χ4v) is 2.97. The number of nitrogens with one attached hydrogen (secondary N) is 1. The number of anilines is 1. The molecule has 0 spiro atoms. The summed E-state index contributed by atoms with van der Waals surface area (Å²) in [5, 5.41) is 2.85. The first-order valence-corrected chi connectivity index (χ1v) is 9.33. The van der Waals surface area contributed by atoms with E-state index in [2.05, 4.69) is 5.32 Å². The first-order valence-electron chi connectivity index (χ1n) is 9.33. The number of amides is 2. The Labute approximate surface area is 160 Å². The third kappa shape index (κ3) is 5.91. The van der Waals surface area contributed by atoms with Gasteiger partial charge < -0.3 is 10.2 Å². The molecule has 0 aromatic heterocycles. The Bertz CT molecular complexity index is 747. The predicted molar refractivity (Wildman–Crippen MR) is 106 cm³/mol. The van der Waals surface area contributed by atoms with Crippen molar-refractivity contribution in [1.29, 1.82) is 0 Å². The van der Waals surface area contributed by atoms with E-state index >= 15 is 0 Å². The second kappa shape index (κ2) is 9.86. The monoisotopic (exact) mass is 370 g/mol. The molecule has 0 heterocycles. The van der Waals surface area contributed by atoms with Gasteiger partial charge in [0.25, 0.3) is 0 Å². The number of hydrogen-bond donors (Lipinski definition) is 1. The highest BCUT2D eigenvalue weighted by Crippen LogP contribution is 2.21. The normalized spacial score (nSPS) is 12.9. The smallest absolute Gasteiger partial charge is 0.246 e. The highest BCUT2D eigenvalue weighted by atomic mass is 19.1. The summed E-state index contributed by atoms with van der Waals surface area (Å²) in [6.07, 6.45) is 1.04. The molecule has 5 heteroatoms. The predicted octanol–water partition coefficient (Wildman–Crippen LogP) is 4.59. The molecule has 144 valence electrons. The van der Waals surface area contributed by atoms with Crippen LogP contribution in [0, 0.1) is 5.82 Å². The van der Waals surface area contributed by atoms with E-state index in [9.17, 15) is 14.0 Å². The van der Waals surface area contributed by atoms with Crippen LogP contribution in [0.2, 0.25) is 0 Å². The van der Waals surface area contributed by atoms with Crippen molar-refractivity contribution in [3.05, 3.63) is 66.0 Å². The van der Waals surface area contributed by atoms with Gasteiger partial charge >= 0.3 is 0 Å². The maximum Gasteiger partial charge on any atom is 0.246 e. The van der Waals surface area contributed by atoms with Gasteiger partial charge in [0.2, 0.25) is 11.8 Å². The number of rotatable bonds is 8. The fraction of sp³-hybridized carbons (Fsp3) is 0.364. The summed E-state index contributed by atoms with van der Waals surface area (Å²) < 4.78 is 13.1. The van der Waals surface area contributed by atoms with Crippen LogP contribution < -0.4 is 5.32 Å². The number of nitrogens with zero attached hydrogens (tertiary/aromatic N) is 1. The molecule has 2 aromatic rings. The molecule has 27 heavy (non-hydrogen) atoms. The highest BCUT2D eigenvalue weighted by Gasteiger charge is 2.26. The number of hydrogen-bond acceptors (Lipinski definition) is 2. The number of carbonyl (C=O) groups excluding carboxylic acids is 2. The molecule has 0 aliphatic rings. The van der Waals surface area contributed by atoms with Crippen LogP contribution in [0.25, 0.3) is 0 Å². The van der Waals surface area contributed by atoms with E-state index in [0.717, 1.165) is 12.0 Å².